The van der Waals surface area contributed by atoms with Crippen LogP contribution in [0.15, 0.2) is 24.3 Å². The predicted molar refractivity (Wildman–Crippen MR) is 74.2 cm³/mol. The van der Waals surface area contributed by atoms with Crippen molar-refractivity contribution < 1.29 is 9.50 Å². The molecular formula is C15H23FN2O. The molecular weight excluding hydrogens is 243 g/mol. The molecule has 0 saturated heterocycles. The van der Waals surface area contributed by atoms with Gasteiger partial charge in [0, 0.05) is 25.2 Å². The standard InChI is InChI=1S/C15H23FN2O/c16-13-7-5-12(6-8-13)15(11-17)18(9-10-19)14-3-1-2-4-14/h5-8,14-15,19H,1-4,9-11,17H2. The van der Waals surface area contributed by atoms with Crippen LogP contribution in [0.25, 0.3) is 0 Å². The van der Waals surface area contributed by atoms with E-state index in [1.54, 1.807) is 12.1 Å². The molecule has 19 heavy (non-hydrogen) atoms. The first kappa shape index (κ1) is 14.4. The SMILES string of the molecule is NCC(c1ccc(F)cc1)N(CCO)C1CCCC1. The summed E-state index contributed by atoms with van der Waals surface area (Å²) in [7, 11) is 0. The minimum atomic E-state index is -0.228. The van der Waals surface area contributed by atoms with Gasteiger partial charge in [-0.2, -0.15) is 0 Å². The lowest BCUT2D eigenvalue weighted by Crippen LogP contribution is -2.41. The maximum absolute atomic E-state index is 13.0. The lowest BCUT2D eigenvalue weighted by molar-refractivity contribution is 0.107. The van der Waals surface area contributed by atoms with Crippen molar-refractivity contribution in [1.82, 2.24) is 4.90 Å². The number of benzene rings is 1. The summed E-state index contributed by atoms with van der Waals surface area (Å²) in [6, 6.07) is 7.10. The Morgan fingerprint density at radius 2 is 1.89 bits per heavy atom. The Balaban J connectivity index is 2.18. The number of halogens is 1. The Hall–Kier alpha value is -0.970. The van der Waals surface area contributed by atoms with E-state index in [4.69, 9.17) is 5.73 Å². The molecule has 0 aliphatic heterocycles. The summed E-state index contributed by atoms with van der Waals surface area (Å²) in [5, 5.41) is 9.29. The number of nitrogens with two attached hydrogens (primary N) is 1. The van der Waals surface area contributed by atoms with Gasteiger partial charge >= 0.3 is 0 Å². The molecule has 1 aromatic carbocycles. The van der Waals surface area contributed by atoms with Crippen LogP contribution in [0.2, 0.25) is 0 Å². The number of hydrogen-bond donors (Lipinski definition) is 2. The average Bonchev–Trinajstić information content (AvgIpc) is 2.94. The summed E-state index contributed by atoms with van der Waals surface area (Å²) in [5.41, 5.74) is 6.96. The van der Waals surface area contributed by atoms with Crippen molar-refractivity contribution in [3.05, 3.63) is 35.6 Å². The zero-order chi connectivity index (χ0) is 13.7. The van der Waals surface area contributed by atoms with Gasteiger partial charge in [0.25, 0.3) is 0 Å². The molecule has 1 saturated carbocycles. The fourth-order valence-corrected chi connectivity index (χ4v) is 3.09. The van der Waals surface area contributed by atoms with Crippen LogP contribution in [0.5, 0.6) is 0 Å². The average molecular weight is 266 g/mol. The summed E-state index contributed by atoms with van der Waals surface area (Å²) in [5.74, 6) is -0.228. The molecule has 1 fully saturated rings. The van der Waals surface area contributed by atoms with Crippen LogP contribution >= 0.6 is 0 Å². The maximum atomic E-state index is 13.0. The van der Waals surface area contributed by atoms with Crippen molar-refractivity contribution in [2.45, 2.75) is 37.8 Å². The highest BCUT2D eigenvalue weighted by Gasteiger charge is 2.28. The first-order valence-corrected chi connectivity index (χ1v) is 7.08. The summed E-state index contributed by atoms with van der Waals surface area (Å²) in [6.07, 6.45) is 4.82. The Labute approximate surface area is 114 Å². The van der Waals surface area contributed by atoms with Crippen LogP contribution in [0.3, 0.4) is 0 Å². The zero-order valence-electron chi connectivity index (χ0n) is 11.3. The normalized spacial score (nSPS) is 18.1. The van der Waals surface area contributed by atoms with E-state index in [1.807, 2.05) is 0 Å². The van der Waals surface area contributed by atoms with E-state index in [0.717, 1.165) is 18.4 Å². The lowest BCUT2D eigenvalue weighted by Gasteiger charge is -2.35. The first-order valence-electron chi connectivity index (χ1n) is 7.08. The molecule has 0 aromatic heterocycles. The van der Waals surface area contributed by atoms with Gasteiger partial charge in [0.2, 0.25) is 0 Å². The summed E-state index contributed by atoms with van der Waals surface area (Å²) in [6.45, 7) is 1.25. The molecule has 1 aromatic rings. The third-order valence-corrected chi connectivity index (χ3v) is 4.03. The van der Waals surface area contributed by atoms with Crippen LogP contribution < -0.4 is 5.73 Å². The van der Waals surface area contributed by atoms with Gasteiger partial charge < -0.3 is 10.8 Å². The fraction of sp³-hybridized carbons (Fsp3) is 0.600. The van der Waals surface area contributed by atoms with Crippen LogP contribution in [0, 0.1) is 5.82 Å². The number of nitrogens with zero attached hydrogens (tertiary/aromatic N) is 1. The zero-order valence-corrected chi connectivity index (χ0v) is 11.3. The molecule has 1 aliphatic rings. The lowest BCUT2D eigenvalue weighted by atomic mass is 10.0. The van der Waals surface area contributed by atoms with Crippen molar-refractivity contribution in [3.8, 4) is 0 Å². The van der Waals surface area contributed by atoms with E-state index < -0.39 is 0 Å². The Morgan fingerprint density at radius 3 is 2.42 bits per heavy atom. The first-order chi connectivity index (χ1) is 9.26. The van der Waals surface area contributed by atoms with Crippen molar-refractivity contribution in [2.24, 2.45) is 5.73 Å². The van der Waals surface area contributed by atoms with Gasteiger partial charge in [-0.3, -0.25) is 4.90 Å². The minimum absolute atomic E-state index is 0.0656. The quantitative estimate of drug-likeness (QED) is 0.828. The van der Waals surface area contributed by atoms with Gasteiger partial charge in [-0.1, -0.05) is 25.0 Å². The molecule has 0 radical (unpaired) electrons. The molecule has 1 unspecified atom stereocenters. The third kappa shape index (κ3) is 3.53. The molecule has 2 rings (SSSR count). The number of aliphatic hydroxyl groups is 1. The Bertz CT molecular complexity index is 376. The largest absolute Gasteiger partial charge is 0.395 e. The van der Waals surface area contributed by atoms with Gasteiger partial charge in [0.1, 0.15) is 5.82 Å². The molecule has 0 heterocycles. The summed E-state index contributed by atoms with van der Waals surface area (Å²) in [4.78, 5) is 2.29. The second-order valence-corrected chi connectivity index (χ2v) is 5.20. The number of aliphatic hydroxyl groups excluding tert-OH is 1. The van der Waals surface area contributed by atoms with Crippen LogP contribution in [-0.4, -0.2) is 35.7 Å². The highest BCUT2D eigenvalue weighted by molar-refractivity contribution is 5.20. The van der Waals surface area contributed by atoms with E-state index in [-0.39, 0.29) is 18.5 Å². The van der Waals surface area contributed by atoms with Gasteiger partial charge in [0.15, 0.2) is 0 Å². The second kappa shape index (κ2) is 6.98. The highest BCUT2D eigenvalue weighted by atomic mass is 19.1. The Morgan fingerprint density at radius 1 is 1.26 bits per heavy atom. The summed E-state index contributed by atoms with van der Waals surface area (Å²) >= 11 is 0. The van der Waals surface area contributed by atoms with Crippen molar-refractivity contribution in [2.75, 3.05) is 19.7 Å². The summed E-state index contributed by atoms with van der Waals surface area (Å²) < 4.78 is 13.0. The van der Waals surface area contributed by atoms with Gasteiger partial charge in [-0.05, 0) is 30.5 Å². The van der Waals surface area contributed by atoms with Crippen LogP contribution in [0.1, 0.15) is 37.3 Å². The molecule has 1 aliphatic carbocycles. The monoisotopic (exact) mass is 266 g/mol. The Kier molecular flexibility index (Phi) is 5.31. The van der Waals surface area contributed by atoms with Gasteiger partial charge in [0.05, 0.1) is 6.61 Å². The predicted octanol–water partition coefficient (Wildman–Crippen LogP) is 2.06. The van der Waals surface area contributed by atoms with Crippen LogP contribution in [-0.2, 0) is 0 Å². The molecule has 0 amide bonds. The molecule has 0 spiro atoms. The van der Waals surface area contributed by atoms with E-state index in [0.29, 0.717) is 19.1 Å². The smallest absolute Gasteiger partial charge is 0.123 e. The number of hydrogen-bond acceptors (Lipinski definition) is 3. The van der Waals surface area contributed by atoms with Crippen molar-refractivity contribution in [1.29, 1.82) is 0 Å². The van der Waals surface area contributed by atoms with Gasteiger partial charge in [-0.25, -0.2) is 4.39 Å². The fourth-order valence-electron chi connectivity index (χ4n) is 3.09. The van der Waals surface area contributed by atoms with Gasteiger partial charge in [-0.15, -0.1) is 0 Å². The van der Waals surface area contributed by atoms with Crippen LogP contribution in [0.4, 0.5) is 4.39 Å². The molecule has 0 bridgehead atoms. The maximum Gasteiger partial charge on any atom is 0.123 e. The molecule has 106 valence electrons. The number of rotatable bonds is 6. The van der Waals surface area contributed by atoms with E-state index in [2.05, 4.69) is 4.90 Å². The highest BCUT2D eigenvalue weighted by Crippen LogP contribution is 2.30. The third-order valence-electron chi connectivity index (χ3n) is 4.03. The van der Waals surface area contributed by atoms with Crippen molar-refractivity contribution in [3.63, 3.8) is 0 Å². The van der Waals surface area contributed by atoms with E-state index >= 15 is 0 Å². The van der Waals surface area contributed by atoms with E-state index in [9.17, 15) is 9.50 Å². The second-order valence-electron chi connectivity index (χ2n) is 5.20. The topological polar surface area (TPSA) is 49.5 Å². The minimum Gasteiger partial charge on any atom is -0.395 e. The molecule has 4 heteroatoms. The van der Waals surface area contributed by atoms with Crippen molar-refractivity contribution >= 4 is 0 Å². The molecule has 3 N–H and O–H groups in total. The molecule has 1 atom stereocenters. The van der Waals surface area contributed by atoms with E-state index in [1.165, 1.54) is 25.0 Å². The molecule has 3 nitrogen and oxygen atoms in total.